The summed E-state index contributed by atoms with van der Waals surface area (Å²) in [5.41, 5.74) is 2.24. The second-order valence-corrected chi connectivity index (χ2v) is 5.51. The van der Waals surface area contributed by atoms with Gasteiger partial charge in [0.05, 0.1) is 6.54 Å². The van der Waals surface area contributed by atoms with Gasteiger partial charge in [-0.25, -0.2) is 4.98 Å². The van der Waals surface area contributed by atoms with Crippen molar-refractivity contribution >= 4 is 0 Å². The van der Waals surface area contributed by atoms with Crippen LogP contribution in [0, 0.1) is 6.92 Å². The number of imidazole rings is 1. The van der Waals surface area contributed by atoms with Crippen molar-refractivity contribution in [1.82, 2.24) is 9.55 Å². The van der Waals surface area contributed by atoms with E-state index in [2.05, 4.69) is 9.72 Å². The molecule has 0 saturated carbocycles. The Balaban J connectivity index is 0.00000126. The molecule has 0 unspecified atom stereocenters. The Hall–Kier alpha value is -2.96. The van der Waals surface area contributed by atoms with Gasteiger partial charge >= 0.3 is 6.36 Å². The van der Waals surface area contributed by atoms with Crippen LogP contribution in [-0.4, -0.2) is 21.0 Å². The van der Waals surface area contributed by atoms with Crippen LogP contribution >= 0.6 is 0 Å². The number of hydrogen-bond donors (Lipinski definition) is 1. The van der Waals surface area contributed by atoms with Gasteiger partial charge in [-0.2, -0.15) is 0 Å². The number of aromatic nitrogens is 2. The molecule has 1 N–H and O–H groups in total. The molecule has 0 aliphatic carbocycles. The number of nitrogens with zero attached hydrogens (tertiary/aromatic N) is 2. The van der Waals surface area contributed by atoms with Gasteiger partial charge in [0.1, 0.15) is 17.3 Å². The zero-order valence-corrected chi connectivity index (χ0v) is 15.3. The number of alkyl halides is 3. The van der Waals surface area contributed by atoms with Crippen LogP contribution in [0.3, 0.4) is 0 Å². The summed E-state index contributed by atoms with van der Waals surface area (Å²) < 4.78 is 42.5. The summed E-state index contributed by atoms with van der Waals surface area (Å²) in [7, 11) is 0. The molecule has 7 heteroatoms. The Morgan fingerprint density at radius 3 is 2.26 bits per heavy atom. The molecule has 0 saturated heterocycles. The summed E-state index contributed by atoms with van der Waals surface area (Å²) in [5, 5.41) is 9.95. The third-order valence-corrected chi connectivity index (χ3v) is 3.72. The lowest BCUT2D eigenvalue weighted by molar-refractivity contribution is -0.274. The van der Waals surface area contributed by atoms with Crippen LogP contribution in [0.4, 0.5) is 13.2 Å². The smallest absolute Gasteiger partial charge is 0.508 e. The summed E-state index contributed by atoms with van der Waals surface area (Å²) in [6, 6.07) is 12.5. The molecule has 3 rings (SSSR count). The second kappa shape index (κ2) is 8.62. The molecule has 1 heterocycles. The van der Waals surface area contributed by atoms with Gasteiger partial charge in [-0.05, 0) is 37.3 Å². The summed E-state index contributed by atoms with van der Waals surface area (Å²) in [6.07, 6.45) is -3.04. The zero-order valence-electron chi connectivity index (χ0n) is 15.3. The molecule has 1 aromatic heterocycles. The first kappa shape index (κ1) is 20.4. The molecule has 0 fully saturated rings. The topological polar surface area (TPSA) is 47.3 Å². The summed E-state index contributed by atoms with van der Waals surface area (Å²) in [5.74, 6) is 0.488. The quantitative estimate of drug-likeness (QED) is 0.649. The van der Waals surface area contributed by atoms with Crippen LogP contribution in [0.5, 0.6) is 11.5 Å². The fourth-order valence-electron chi connectivity index (χ4n) is 2.51. The molecule has 0 spiro atoms. The molecule has 2 aromatic carbocycles. The molecule has 144 valence electrons. The van der Waals surface area contributed by atoms with Gasteiger partial charge in [0.15, 0.2) is 0 Å². The number of aryl methyl sites for hydroxylation is 1. The molecule has 0 bridgehead atoms. The van der Waals surface area contributed by atoms with Gasteiger partial charge in [-0.1, -0.05) is 32.0 Å². The van der Waals surface area contributed by atoms with Crippen LogP contribution in [0.25, 0.3) is 11.4 Å². The van der Waals surface area contributed by atoms with Gasteiger partial charge in [0.2, 0.25) is 0 Å². The van der Waals surface area contributed by atoms with E-state index in [-0.39, 0.29) is 11.5 Å². The monoisotopic (exact) mass is 378 g/mol. The molecule has 27 heavy (non-hydrogen) atoms. The van der Waals surface area contributed by atoms with Crippen molar-refractivity contribution in [2.45, 2.75) is 33.7 Å². The van der Waals surface area contributed by atoms with E-state index in [1.165, 1.54) is 24.3 Å². The number of rotatable bonds is 4. The highest BCUT2D eigenvalue weighted by Gasteiger charge is 2.31. The lowest BCUT2D eigenvalue weighted by atomic mass is 10.1. The van der Waals surface area contributed by atoms with Crippen molar-refractivity contribution in [2.75, 3.05) is 0 Å². The van der Waals surface area contributed by atoms with Crippen molar-refractivity contribution in [2.24, 2.45) is 0 Å². The molecular weight excluding hydrogens is 357 g/mol. The van der Waals surface area contributed by atoms with Gasteiger partial charge in [0, 0.05) is 23.0 Å². The molecule has 0 aliphatic rings. The highest BCUT2D eigenvalue weighted by atomic mass is 19.4. The summed E-state index contributed by atoms with van der Waals surface area (Å²) in [4.78, 5) is 4.33. The van der Waals surface area contributed by atoms with Crippen molar-refractivity contribution in [3.8, 4) is 22.9 Å². The predicted molar refractivity (Wildman–Crippen MR) is 97.6 cm³/mol. The van der Waals surface area contributed by atoms with Crippen molar-refractivity contribution in [3.05, 3.63) is 66.0 Å². The maximum atomic E-state index is 12.3. The van der Waals surface area contributed by atoms with Crippen LogP contribution in [0.15, 0.2) is 54.7 Å². The van der Waals surface area contributed by atoms with Crippen LogP contribution in [0.2, 0.25) is 0 Å². The Labute approximate surface area is 155 Å². The second-order valence-electron chi connectivity index (χ2n) is 5.51. The van der Waals surface area contributed by atoms with E-state index < -0.39 is 6.36 Å². The van der Waals surface area contributed by atoms with E-state index in [9.17, 15) is 18.3 Å². The van der Waals surface area contributed by atoms with Gasteiger partial charge in [-0.3, -0.25) is 0 Å². The predicted octanol–water partition coefficient (Wildman–Crippen LogP) is 5.54. The van der Waals surface area contributed by atoms with Crippen LogP contribution in [-0.2, 0) is 6.54 Å². The maximum absolute atomic E-state index is 12.3. The van der Waals surface area contributed by atoms with E-state index in [0.717, 1.165) is 11.3 Å². The van der Waals surface area contributed by atoms with Gasteiger partial charge in [-0.15, -0.1) is 13.2 Å². The number of benzene rings is 2. The molecule has 0 radical (unpaired) electrons. The zero-order chi connectivity index (χ0) is 20.0. The summed E-state index contributed by atoms with van der Waals surface area (Å²) >= 11 is 0. The first-order valence-electron chi connectivity index (χ1n) is 8.48. The highest BCUT2D eigenvalue weighted by Crippen LogP contribution is 2.27. The number of para-hydroxylation sites is 1. The Morgan fingerprint density at radius 1 is 1.04 bits per heavy atom. The first-order valence-corrected chi connectivity index (χ1v) is 8.48. The standard InChI is InChI=1S/C18H15F3N2O2.C2H6/c1-12-10-22-17(23(12)11-14-4-2-3-5-16(14)24)13-6-8-15(9-7-13)25-18(19,20)21;1-2/h2-10,24H,11H2,1H3;1-2H3. The minimum Gasteiger partial charge on any atom is -0.508 e. The molecular formula is C20H21F3N2O2. The SMILES string of the molecule is CC.Cc1cnc(-c2ccc(OC(F)(F)F)cc2)n1Cc1ccccc1O. The van der Waals surface area contributed by atoms with Crippen LogP contribution < -0.4 is 4.74 Å². The van der Waals surface area contributed by atoms with E-state index in [1.807, 2.05) is 31.4 Å². The normalized spacial score (nSPS) is 10.9. The average Bonchev–Trinajstić information content (AvgIpc) is 2.99. The number of phenolic OH excluding ortho intramolecular Hbond substituents is 1. The Kier molecular flexibility index (Phi) is 6.50. The number of aromatic hydroxyl groups is 1. The molecule has 0 aliphatic heterocycles. The molecule has 0 atom stereocenters. The fourth-order valence-corrected chi connectivity index (χ4v) is 2.51. The van der Waals surface area contributed by atoms with E-state index >= 15 is 0 Å². The number of halogens is 3. The minimum atomic E-state index is -4.72. The molecule has 3 aromatic rings. The van der Waals surface area contributed by atoms with Crippen LogP contribution in [0.1, 0.15) is 25.1 Å². The van der Waals surface area contributed by atoms with Crippen molar-refractivity contribution in [3.63, 3.8) is 0 Å². The molecule has 0 amide bonds. The number of phenols is 1. The van der Waals surface area contributed by atoms with E-state index in [4.69, 9.17) is 0 Å². The molecule has 4 nitrogen and oxygen atoms in total. The third kappa shape index (κ3) is 5.26. The van der Waals surface area contributed by atoms with Crippen molar-refractivity contribution in [1.29, 1.82) is 0 Å². The summed E-state index contributed by atoms with van der Waals surface area (Å²) in [6.45, 7) is 6.27. The lowest BCUT2D eigenvalue weighted by Crippen LogP contribution is -2.17. The minimum absolute atomic E-state index is 0.176. The number of ether oxygens (including phenoxy) is 1. The van der Waals surface area contributed by atoms with E-state index in [0.29, 0.717) is 17.9 Å². The first-order chi connectivity index (χ1) is 12.8. The van der Waals surface area contributed by atoms with E-state index in [1.54, 1.807) is 24.4 Å². The van der Waals surface area contributed by atoms with Gasteiger partial charge < -0.3 is 14.4 Å². The third-order valence-electron chi connectivity index (χ3n) is 3.72. The largest absolute Gasteiger partial charge is 0.573 e. The Morgan fingerprint density at radius 2 is 1.67 bits per heavy atom. The maximum Gasteiger partial charge on any atom is 0.573 e. The fraction of sp³-hybridized carbons (Fsp3) is 0.250. The van der Waals surface area contributed by atoms with Crippen molar-refractivity contribution < 1.29 is 23.0 Å². The average molecular weight is 378 g/mol. The van der Waals surface area contributed by atoms with Gasteiger partial charge in [0.25, 0.3) is 0 Å². The number of hydrogen-bond acceptors (Lipinski definition) is 3. The lowest BCUT2D eigenvalue weighted by Gasteiger charge is -2.12. The highest BCUT2D eigenvalue weighted by molar-refractivity contribution is 5.58. The Bertz CT molecular complexity index is 872.